The third kappa shape index (κ3) is 18.0. The number of rotatable bonds is 29. The van der Waals surface area contributed by atoms with E-state index in [1.54, 1.807) is 0 Å². The molecule has 0 aromatic rings. The van der Waals surface area contributed by atoms with Gasteiger partial charge in [0.05, 0.1) is 25.4 Å². The fourth-order valence-electron chi connectivity index (χ4n) is 5.97. The first-order chi connectivity index (χ1) is 22.2. The summed E-state index contributed by atoms with van der Waals surface area (Å²) in [6, 6.07) is -1.16. The van der Waals surface area contributed by atoms with Crippen molar-refractivity contribution in [3.63, 3.8) is 0 Å². The van der Waals surface area contributed by atoms with Crippen molar-refractivity contribution in [3.05, 3.63) is 0 Å². The Hall–Kier alpha value is -0.890. The van der Waals surface area contributed by atoms with Crippen LogP contribution in [0.5, 0.6) is 0 Å². The molecule has 0 radical (unpaired) electrons. The molecule has 0 aliphatic carbocycles. The summed E-state index contributed by atoms with van der Waals surface area (Å²) in [6.07, 6.45) is 11.0. The van der Waals surface area contributed by atoms with Gasteiger partial charge in [-0.05, 0) is 12.8 Å². The average molecular weight is 664 g/mol. The lowest BCUT2D eigenvalue weighted by molar-refractivity contribution is -0.303. The van der Waals surface area contributed by atoms with Crippen molar-refractivity contribution in [1.82, 2.24) is 5.32 Å². The molecule has 1 rings (SSSR count). The van der Waals surface area contributed by atoms with Gasteiger partial charge >= 0.3 is 0 Å². The highest BCUT2D eigenvalue weighted by Gasteiger charge is 2.44. The topological polar surface area (TPSA) is 189 Å². The number of aliphatic hydroxyl groups is 7. The Morgan fingerprint density at radius 3 is 1.63 bits per heavy atom. The lowest BCUT2D eigenvalue weighted by atomic mass is 9.98. The van der Waals surface area contributed by atoms with Crippen molar-refractivity contribution < 1.29 is 50.0 Å². The molecule has 11 nitrogen and oxygen atoms in total. The van der Waals surface area contributed by atoms with Crippen LogP contribution in [-0.2, 0) is 14.3 Å². The molecule has 1 heterocycles. The highest BCUT2D eigenvalue weighted by molar-refractivity contribution is 5.80. The molecule has 1 aliphatic rings. The maximum absolute atomic E-state index is 12.9. The molecule has 1 saturated heterocycles. The van der Waals surface area contributed by atoms with Gasteiger partial charge in [-0.3, -0.25) is 4.79 Å². The Balaban J connectivity index is 2.45. The molecule has 1 fully saturated rings. The van der Waals surface area contributed by atoms with Gasteiger partial charge in [0.1, 0.15) is 36.6 Å². The number of unbranched alkanes of at least 4 members (excludes halogenated alkanes) is 17. The number of nitrogens with one attached hydrogen (secondary N) is 1. The minimum absolute atomic E-state index is 0.264. The smallest absolute Gasteiger partial charge is 0.249 e. The number of amides is 1. The van der Waals surface area contributed by atoms with Gasteiger partial charge in [0, 0.05) is 0 Å². The zero-order valence-electron chi connectivity index (χ0n) is 28.8. The van der Waals surface area contributed by atoms with Crippen molar-refractivity contribution in [2.45, 2.75) is 204 Å². The van der Waals surface area contributed by atoms with Crippen LogP contribution in [0, 0.1) is 0 Å². The van der Waals surface area contributed by atoms with Crippen LogP contribution in [0.15, 0.2) is 0 Å². The first kappa shape index (κ1) is 43.1. The lowest BCUT2D eigenvalue weighted by Gasteiger charge is -2.40. The minimum Gasteiger partial charge on any atom is -0.394 e. The standard InChI is InChI=1S/C35H69NO10/c1-3-5-7-9-10-11-12-13-14-15-16-17-18-19-21-23-28(39)34(44)36-26(30(40)27(38)22-20-8-6-4-2)25-45-35-33(43)32(42)31(41)29(24-37)46-35/h26-33,35,37-43H,3-25H2,1-2H3,(H,36,44). The van der Waals surface area contributed by atoms with Gasteiger partial charge < -0.3 is 50.5 Å². The van der Waals surface area contributed by atoms with E-state index in [2.05, 4.69) is 19.2 Å². The average Bonchev–Trinajstić information content (AvgIpc) is 3.05. The number of carbonyl (C=O) groups excluding carboxylic acids is 1. The van der Waals surface area contributed by atoms with Crippen LogP contribution < -0.4 is 5.32 Å². The van der Waals surface area contributed by atoms with Gasteiger partial charge in [0.25, 0.3) is 0 Å². The molecular formula is C35H69NO10. The predicted octanol–water partition coefficient (Wildman–Crippen LogP) is 3.60. The predicted molar refractivity (Wildman–Crippen MR) is 178 cm³/mol. The molecule has 8 N–H and O–H groups in total. The van der Waals surface area contributed by atoms with Crippen LogP contribution in [0.25, 0.3) is 0 Å². The summed E-state index contributed by atoms with van der Waals surface area (Å²) in [7, 11) is 0. The lowest BCUT2D eigenvalue weighted by Crippen LogP contribution is -2.60. The third-order valence-electron chi connectivity index (χ3n) is 9.16. The zero-order valence-corrected chi connectivity index (χ0v) is 28.8. The van der Waals surface area contributed by atoms with Gasteiger partial charge in [0.2, 0.25) is 5.91 Å². The number of aliphatic hydroxyl groups excluding tert-OH is 7. The monoisotopic (exact) mass is 663 g/mol. The van der Waals surface area contributed by atoms with Gasteiger partial charge in [-0.25, -0.2) is 0 Å². The Kier molecular flexibility index (Phi) is 25.3. The molecular weight excluding hydrogens is 594 g/mol. The van der Waals surface area contributed by atoms with Crippen LogP contribution in [0.2, 0.25) is 0 Å². The minimum atomic E-state index is -1.65. The van der Waals surface area contributed by atoms with E-state index in [0.717, 1.165) is 38.5 Å². The van der Waals surface area contributed by atoms with Crippen molar-refractivity contribution in [2.75, 3.05) is 13.2 Å². The van der Waals surface area contributed by atoms with Gasteiger partial charge in [-0.2, -0.15) is 0 Å². The molecule has 46 heavy (non-hydrogen) atoms. The van der Waals surface area contributed by atoms with Crippen molar-refractivity contribution in [1.29, 1.82) is 0 Å². The van der Waals surface area contributed by atoms with Gasteiger partial charge in [-0.15, -0.1) is 0 Å². The first-order valence-electron chi connectivity index (χ1n) is 18.4. The van der Waals surface area contributed by atoms with E-state index in [4.69, 9.17) is 9.47 Å². The van der Waals surface area contributed by atoms with Gasteiger partial charge in [0.15, 0.2) is 6.29 Å². The SMILES string of the molecule is CCCCCCCCCCCCCCCCCC(O)C(=O)NC(COC1OC(CO)C(O)C(O)C1O)C(O)C(O)CCCCCC. The molecule has 0 bridgehead atoms. The largest absolute Gasteiger partial charge is 0.394 e. The van der Waals surface area contributed by atoms with E-state index >= 15 is 0 Å². The van der Waals surface area contributed by atoms with Crippen molar-refractivity contribution in [2.24, 2.45) is 0 Å². The second-order valence-electron chi connectivity index (χ2n) is 13.3. The second kappa shape index (κ2) is 27.0. The van der Waals surface area contributed by atoms with E-state index in [1.807, 2.05) is 0 Å². The number of carbonyl (C=O) groups is 1. The normalized spacial score (nSPS) is 24.4. The van der Waals surface area contributed by atoms with E-state index in [-0.39, 0.29) is 6.42 Å². The van der Waals surface area contributed by atoms with Crippen LogP contribution in [0.4, 0.5) is 0 Å². The summed E-state index contributed by atoms with van der Waals surface area (Å²) in [5.41, 5.74) is 0. The Morgan fingerprint density at radius 2 is 1.13 bits per heavy atom. The molecule has 9 unspecified atom stereocenters. The van der Waals surface area contributed by atoms with E-state index < -0.39 is 74.2 Å². The van der Waals surface area contributed by atoms with E-state index in [1.165, 1.54) is 70.6 Å². The summed E-state index contributed by atoms with van der Waals surface area (Å²) in [5, 5.41) is 74.5. The quantitative estimate of drug-likeness (QED) is 0.0549. The maximum Gasteiger partial charge on any atom is 0.249 e. The Labute approximate surface area is 278 Å². The van der Waals surface area contributed by atoms with Crippen LogP contribution in [0.1, 0.15) is 149 Å². The fourth-order valence-corrected chi connectivity index (χ4v) is 5.97. The molecule has 0 saturated carbocycles. The molecule has 9 atom stereocenters. The van der Waals surface area contributed by atoms with E-state index in [0.29, 0.717) is 19.3 Å². The first-order valence-corrected chi connectivity index (χ1v) is 18.4. The summed E-state index contributed by atoms with van der Waals surface area (Å²) in [4.78, 5) is 12.9. The Bertz CT molecular complexity index is 729. The summed E-state index contributed by atoms with van der Waals surface area (Å²) in [5.74, 6) is -0.704. The van der Waals surface area contributed by atoms with Crippen LogP contribution in [-0.4, -0.2) is 110 Å². The van der Waals surface area contributed by atoms with Crippen LogP contribution >= 0.6 is 0 Å². The second-order valence-corrected chi connectivity index (χ2v) is 13.3. The van der Waals surface area contributed by atoms with Crippen molar-refractivity contribution >= 4 is 5.91 Å². The number of ether oxygens (including phenoxy) is 2. The van der Waals surface area contributed by atoms with Crippen LogP contribution in [0.3, 0.4) is 0 Å². The molecule has 274 valence electrons. The van der Waals surface area contributed by atoms with E-state index in [9.17, 15) is 40.5 Å². The number of hydrogen-bond acceptors (Lipinski definition) is 10. The summed E-state index contributed by atoms with van der Waals surface area (Å²) >= 11 is 0. The molecule has 1 aliphatic heterocycles. The third-order valence-corrected chi connectivity index (χ3v) is 9.16. The molecule has 11 heteroatoms. The molecule has 0 aromatic carbocycles. The molecule has 0 spiro atoms. The molecule has 1 amide bonds. The highest BCUT2D eigenvalue weighted by atomic mass is 16.7. The number of hydrogen-bond donors (Lipinski definition) is 8. The maximum atomic E-state index is 12.9. The summed E-state index contributed by atoms with van der Waals surface area (Å²) in [6.45, 7) is 3.26. The molecule has 0 aromatic heterocycles. The summed E-state index contributed by atoms with van der Waals surface area (Å²) < 4.78 is 10.9. The zero-order chi connectivity index (χ0) is 34.2. The Morgan fingerprint density at radius 1 is 0.674 bits per heavy atom. The van der Waals surface area contributed by atoms with Gasteiger partial charge in [-0.1, -0.05) is 136 Å². The highest BCUT2D eigenvalue weighted by Crippen LogP contribution is 2.23. The van der Waals surface area contributed by atoms with Crippen molar-refractivity contribution in [3.8, 4) is 0 Å². The fraction of sp³-hybridized carbons (Fsp3) is 0.971.